The molecule has 0 bridgehead atoms. The standard InChI is InChI=1S/C22H25N5O2/c1-4-16-13-27(18-6-9-29-10-7-18)22(28)24-20(16)12-19-15(3)21(26-25-19)17-5-8-23-14(2)11-17/h1,5,8,11-12,16,18H,6-7,9-10,13H2,2-3H3,(H,24,28)(H,25,26)/b20-12+. The molecule has 2 aliphatic rings. The maximum Gasteiger partial charge on any atom is 0.321 e. The van der Waals surface area contributed by atoms with Crippen LogP contribution in [0.1, 0.15) is 29.8 Å². The molecule has 150 valence electrons. The van der Waals surface area contributed by atoms with Crippen molar-refractivity contribution in [1.29, 1.82) is 0 Å². The molecule has 0 aliphatic carbocycles. The molecule has 7 nitrogen and oxygen atoms in total. The van der Waals surface area contributed by atoms with Gasteiger partial charge in [0.05, 0.1) is 17.3 Å². The first-order valence-corrected chi connectivity index (χ1v) is 9.88. The normalized spacial score (nSPS) is 21.8. The molecule has 7 heteroatoms. The molecule has 0 spiro atoms. The Balaban J connectivity index is 1.58. The highest BCUT2D eigenvalue weighted by molar-refractivity contribution is 5.80. The van der Waals surface area contributed by atoms with Gasteiger partial charge in [-0.05, 0) is 44.9 Å². The van der Waals surface area contributed by atoms with Gasteiger partial charge in [-0.15, -0.1) is 6.42 Å². The Bertz CT molecular complexity index is 981. The molecule has 4 rings (SSSR count). The Labute approximate surface area is 170 Å². The van der Waals surface area contributed by atoms with E-state index in [0.717, 1.165) is 46.7 Å². The third-order valence-corrected chi connectivity index (χ3v) is 5.62. The smallest absolute Gasteiger partial charge is 0.321 e. The number of aromatic amines is 1. The summed E-state index contributed by atoms with van der Waals surface area (Å²) in [5.74, 6) is 2.64. The van der Waals surface area contributed by atoms with E-state index >= 15 is 0 Å². The van der Waals surface area contributed by atoms with Crippen LogP contribution in [0.3, 0.4) is 0 Å². The number of urea groups is 1. The molecule has 29 heavy (non-hydrogen) atoms. The summed E-state index contributed by atoms with van der Waals surface area (Å²) in [5, 5.41) is 10.5. The summed E-state index contributed by atoms with van der Waals surface area (Å²) in [6.45, 7) is 5.84. The molecule has 4 heterocycles. The van der Waals surface area contributed by atoms with Crippen LogP contribution >= 0.6 is 0 Å². The zero-order chi connectivity index (χ0) is 20.4. The molecular formula is C22H25N5O2. The molecule has 0 saturated carbocycles. The number of aryl methyl sites for hydroxylation is 1. The van der Waals surface area contributed by atoms with Crippen LogP contribution in [-0.2, 0) is 4.74 Å². The molecule has 0 radical (unpaired) electrons. The lowest BCUT2D eigenvalue weighted by atomic mass is 9.98. The number of terminal acetylenes is 1. The van der Waals surface area contributed by atoms with Crippen molar-refractivity contribution in [2.45, 2.75) is 32.7 Å². The first-order valence-electron chi connectivity index (χ1n) is 9.88. The zero-order valence-corrected chi connectivity index (χ0v) is 16.7. The topological polar surface area (TPSA) is 83.1 Å². The van der Waals surface area contributed by atoms with Crippen LogP contribution in [0.15, 0.2) is 24.0 Å². The van der Waals surface area contributed by atoms with Crippen molar-refractivity contribution in [3.05, 3.63) is 41.0 Å². The molecule has 2 fully saturated rings. The van der Waals surface area contributed by atoms with Crippen LogP contribution in [0.2, 0.25) is 0 Å². The number of hydrogen-bond acceptors (Lipinski definition) is 4. The van der Waals surface area contributed by atoms with Crippen LogP contribution < -0.4 is 5.32 Å². The van der Waals surface area contributed by atoms with Gasteiger partial charge in [0.25, 0.3) is 0 Å². The summed E-state index contributed by atoms with van der Waals surface area (Å²) in [4.78, 5) is 18.8. The maximum atomic E-state index is 12.7. The highest BCUT2D eigenvalue weighted by atomic mass is 16.5. The van der Waals surface area contributed by atoms with Gasteiger partial charge >= 0.3 is 6.03 Å². The molecular weight excluding hydrogens is 366 g/mol. The minimum atomic E-state index is -0.190. The Kier molecular flexibility index (Phi) is 5.36. The van der Waals surface area contributed by atoms with E-state index in [0.29, 0.717) is 19.8 Å². The van der Waals surface area contributed by atoms with Crippen molar-refractivity contribution in [3.63, 3.8) is 0 Å². The first-order chi connectivity index (χ1) is 14.1. The van der Waals surface area contributed by atoms with E-state index in [1.54, 1.807) is 6.20 Å². The van der Waals surface area contributed by atoms with E-state index in [2.05, 4.69) is 26.4 Å². The highest BCUT2D eigenvalue weighted by Gasteiger charge is 2.34. The van der Waals surface area contributed by atoms with E-state index < -0.39 is 0 Å². The second kappa shape index (κ2) is 8.10. The van der Waals surface area contributed by atoms with Crippen molar-refractivity contribution in [1.82, 2.24) is 25.4 Å². The maximum absolute atomic E-state index is 12.7. The van der Waals surface area contributed by atoms with Crippen molar-refractivity contribution >= 4 is 12.1 Å². The fraction of sp³-hybridized carbons (Fsp3) is 0.409. The van der Waals surface area contributed by atoms with Crippen molar-refractivity contribution in [3.8, 4) is 23.6 Å². The number of rotatable bonds is 3. The zero-order valence-electron chi connectivity index (χ0n) is 16.7. The number of nitrogens with one attached hydrogen (secondary N) is 2. The third-order valence-electron chi connectivity index (χ3n) is 5.62. The second-order valence-corrected chi connectivity index (χ2v) is 7.54. The Morgan fingerprint density at radius 2 is 2.14 bits per heavy atom. The van der Waals surface area contributed by atoms with Crippen molar-refractivity contribution in [2.24, 2.45) is 5.92 Å². The lowest BCUT2D eigenvalue weighted by Crippen LogP contribution is -2.54. The summed E-state index contributed by atoms with van der Waals surface area (Å²) in [6.07, 6.45) is 11.2. The lowest BCUT2D eigenvalue weighted by molar-refractivity contribution is 0.0419. The number of H-pyrrole nitrogens is 1. The number of nitrogens with zero attached hydrogens (tertiary/aromatic N) is 3. The number of ether oxygens (including phenoxy) is 1. The summed E-state index contributed by atoms with van der Waals surface area (Å²) >= 11 is 0. The predicted molar refractivity (Wildman–Crippen MR) is 111 cm³/mol. The van der Waals surface area contributed by atoms with Gasteiger partial charge in [0.1, 0.15) is 0 Å². The number of pyridine rings is 1. The molecule has 2 aliphatic heterocycles. The monoisotopic (exact) mass is 391 g/mol. The fourth-order valence-electron chi connectivity index (χ4n) is 3.93. The van der Waals surface area contributed by atoms with Crippen LogP contribution in [0.5, 0.6) is 0 Å². The fourth-order valence-corrected chi connectivity index (χ4v) is 3.93. The van der Waals surface area contributed by atoms with Crippen LogP contribution in [-0.4, -0.2) is 51.9 Å². The third kappa shape index (κ3) is 3.89. The van der Waals surface area contributed by atoms with Crippen LogP contribution in [0.25, 0.3) is 17.3 Å². The Morgan fingerprint density at radius 1 is 1.34 bits per heavy atom. The number of carbonyl (C=O) groups excluding carboxylic acids is 1. The van der Waals surface area contributed by atoms with Gasteiger partial charge in [0.2, 0.25) is 0 Å². The highest BCUT2D eigenvalue weighted by Crippen LogP contribution is 2.27. The number of hydrogen-bond donors (Lipinski definition) is 2. The predicted octanol–water partition coefficient (Wildman–Crippen LogP) is 2.88. The molecule has 2 N–H and O–H groups in total. The van der Waals surface area contributed by atoms with E-state index in [9.17, 15) is 4.79 Å². The van der Waals surface area contributed by atoms with Gasteiger partial charge in [-0.3, -0.25) is 10.1 Å². The number of amides is 2. The average Bonchev–Trinajstić information content (AvgIpc) is 3.09. The van der Waals surface area contributed by atoms with Crippen molar-refractivity contribution in [2.75, 3.05) is 19.8 Å². The van der Waals surface area contributed by atoms with E-state index in [1.165, 1.54) is 0 Å². The van der Waals surface area contributed by atoms with Gasteiger partial charge in [-0.1, -0.05) is 5.92 Å². The van der Waals surface area contributed by atoms with Gasteiger partial charge in [0, 0.05) is 54.5 Å². The lowest BCUT2D eigenvalue weighted by Gasteiger charge is -2.39. The van der Waals surface area contributed by atoms with Crippen molar-refractivity contribution < 1.29 is 9.53 Å². The molecule has 1 atom stereocenters. The summed E-state index contributed by atoms with van der Waals surface area (Å²) in [7, 11) is 0. The van der Waals surface area contributed by atoms with Gasteiger partial charge in [0.15, 0.2) is 0 Å². The number of carbonyl (C=O) groups is 1. The van der Waals surface area contributed by atoms with Gasteiger partial charge in [-0.25, -0.2) is 4.79 Å². The van der Waals surface area contributed by atoms with Gasteiger partial charge < -0.3 is 15.0 Å². The quantitative estimate of drug-likeness (QED) is 0.788. The van der Waals surface area contributed by atoms with Crippen LogP contribution in [0, 0.1) is 32.1 Å². The largest absolute Gasteiger partial charge is 0.381 e. The summed E-state index contributed by atoms with van der Waals surface area (Å²) in [6, 6.07) is 4.01. The molecule has 2 aromatic rings. The van der Waals surface area contributed by atoms with E-state index in [-0.39, 0.29) is 18.0 Å². The molecule has 2 aromatic heterocycles. The average molecular weight is 391 g/mol. The van der Waals surface area contributed by atoms with Crippen LogP contribution in [0.4, 0.5) is 4.79 Å². The minimum absolute atomic E-state index is 0.100. The van der Waals surface area contributed by atoms with Gasteiger partial charge in [-0.2, -0.15) is 5.10 Å². The first kappa shape index (κ1) is 19.2. The molecule has 1 unspecified atom stereocenters. The summed E-state index contributed by atoms with van der Waals surface area (Å²) < 4.78 is 5.41. The molecule has 2 saturated heterocycles. The molecule has 2 amide bonds. The van der Waals surface area contributed by atoms with E-state index in [1.807, 2.05) is 37.0 Å². The summed E-state index contributed by atoms with van der Waals surface area (Å²) in [5.41, 5.74) is 5.37. The minimum Gasteiger partial charge on any atom is -0.381 e. The Hall–Kier alpha value is -3.11. The Morgan fingerprint density at radius 3 is 2.86 bits per heavy atom. The SMILES string of the molecule is C#CC1CN(C2CCOCC2)C(=O)N/C1=C/c1[nH]nc(-c2ccnc(C)c2)c1C. The van der Waals surface area contributed by atoms with E-state index in [4.69, 9.17) is 11.2 Å². The number of aromatic nitrogens is 3. The molecule has 0 aromatic carbocycles. The second-order valence-electron chi connectivity index (χ2n) is 7.54.